The molecular formula is C15H22N4O. The maximum Gasteiger partial charge on any atom is 0.144 e. The fraction of sp³-hybridized carbons (Fsp3) is 0.400. The van der Waals surface area contributed by atoms with Gasteiger partial charge < -0.3 is 20.4 Å². The van der Waals surface area contributed by atoms with Crippen LogP contribution in [0.1, 0.15) is 19.8 Å². The fourth-order valence-corrected chi connectivity index (χ4v) is 1.89. The van der Waals surface area contributed by atoms with Gasteiger partial charge in [0.2, 0.25) is 0 Å². The molecule has 0 saturated heterocycles. The molecule has 5 heteroatoms. The second-order valence-electron chi connectivity index (χ2n) is 4.68. The third kappa shape index (κ3) is 4.19. The number of benzene rings is 1. The van der Waals surface area contributed by atoms with E-state index in [-0.39, 0.29) is 0 Å². The molecule has 2 aromatic rings. The van der Waals surface area contributed by atoms with E-state index in [0.29, 0.717) is 12.3 Å². The number of nitrogens with one attached hydrogen (secondary N) is 1. The second-order valence-corrected chi connectivity index (χ2v) is 4.68. The lowest BCUT2D eigenvalue weighted by Crippen LogP contribution is -2.06. The van der Waals surface area contributed by atoms with Gasteiger partial charge in [-0.05, 0) is 25.0 Å². The van der Waals surface area contributed by atoms with Crippen LogP contribution in [0.25, 0.3) is 0 Å². The Hall–Kier alpha value is -2.17. The number of ether oxygens (including phenoxy) is 1. The highest BCUT2D eigenvalue weighted by molar-refractivity contribution is 5.61. The quantitative estimate of drug-likeness (QED) is 0.574. The minimum absolute atomic E-state index is 0.683. The zero-order valence-corrected chi connectivity index (χ0v) is 11.9. The van der Waals surface area contributed by atoms with E-state index in [4.69, 9.17) is 10.5 Å². The van der Waals surface area contributed by atoms with Gasteiger partial charge in [-0.2, -0.15) is 0 Å². The topological polar surface area (TPSA) is 65.1 Å². The van der Waals surface area contributed by atoms with Crippen molar-refractivity contribution >= 4 is 11.4 Å². The summed E-state index contributed by atoms with van der Waals surface area (Å²) < 4.78 is 7.68. The number of hydrogen-bond acceptors (Lipinski definition) is 4. The van der Waals surface area contributed by atoms with Gasteiger partial charge in [0, 0.05) is 37.2 Å². The van der Waals surface area contributed by atoms with Crippen molar-refractivity contribution in [1.82, 2.24) is 9.55 Å². The molecule has 0 amide bonds. The first-order chi connectivity index (χ1) is 9.79. The molecule has 1 aromatic carbocycles. The van der Waals surface area contributed by atoms with E-state index >= 15 is 0 Å². The van der Waals surface area contributed by atoms with Crippen LogP contribution in [-0.4, -0.2) is 22.7 Å². The summed E-state index contributed by atoms with van der Waals surface area (Å²) in [5.41, 5.74) is 7.61. The van der Waals surface area contributed by atoms with Gasteiger partial charge in [-0.15, -0.1) is 0 Å². The Labute approximate surface area is 119 Å². The van der Waals surface area contributed by atoms with Gasteiger partial charge in [0.05, 0.1) is 18.6 Å². The number of anilines is 2. The van der Waals surface area contributed by atoms with Gasteiger partial charge in [0.25, 0.3) is 0 Å². The summed E-state index contributed by atoms with van der Waals surface area (Å²) in [5.74, 6) is 0.756. The molecule has 108 valence electrons. The molecule has 0 radical (unpaired) electrons. The van der Waals surface area contributed by atoms with E-state index in [1.807, 2.05) is 30.7 Å². The average molecular weight is 274 g/mol. The SMILES string of the molecule is CCCOc1cc(NCCCn2ccnc2)ccc1N. The van der Waals surface area contributed by atoms with Crippen molar-refractivity contribution in [1.29, 1.82) is 0 Å². The minimum Gasteiger partial charge on any atom is -0.491 e. The van der Waals surface area contributed by atoms with Crippen molar-refractivity contribution in [2.75, 3.05) is 24.2 Å². The van der Waals surface area contributed by atoms with Crippen molar-refractivity contribution in [3.05, 3.63) is 36.9 Å². The number of aromatic nitrogens is 2. The van der Waals surface area contributed by atoms with E-state index in [1.165, 1.54) is 0 Å². The Kier molecular flexibility index (Phi) is 5.29. The lowest BCUT2D eigenvalue weighted by Gasteiger charge is -2.11. The van der Waals surface area contributed by atoms with Crippen molar-refractivity contribution in [2.45, 2.75) is 26.3 Å². The molecule has 2 rings (SSSR count). The Morgan fingerprint density at radius 1 is 1.40 bits per heavy atom. The molecule has 0 bridgehead atoms. The maximum atomic E-state index is 5.89. The monoisotopic (exact) mass is 274 g/mol. The van der Waals surface area contributed by atoms with Crippen LogP contribution in [0.3, 0.4) is 0 Å². The largest absolute Gasteiger partial charge is 0.491 e. The summed E-state index contributed by atoms with van der Waals surface area (Å²) in [7, 11) is 0. The van der Waals surface area contributed by atoms with Crippen LogP contribution in [0.4, 0.5) is 11.4 Å². The van der Waals surface area contributed by atoms with Gasteiger partial charge in [0.1, 0.15) is 5.75 Å². The summed E-state index contributed by atoms with van der Waals surface area (Å²) in [6.07, 6.45) is 7.61. The van der Waals surface area contributed by atoms with Crippen LogP contribution >= 0.6 is 0 Å². The number of nitrogens with zero attached hydrogens (tertiary/aromatic N) is 2. The molecule has 5 nitrogen and oxygen atoms in total. The van der Waals surface area contributed by atoms with Gasteiger partial charge in [-0.3, -0.25) is 0 Å². The molecular weight excluding hydrogens is 252 g/mol. The predicted molar refractivity (Wildman–Crippen MR) is 82.0 cm³/mol. The molecule has 0 unspecified atom stereocenters. The van der Waals surface area contributed by atoms with Crippen molar-refractivity contribution in [3.63, 3.8) is 0 Å². The summed E-state index contributed by atoms with van der Waals surface area (Å²) in [6, 6.07) is 5.82. The van der Waals surface area contributed by atoms with Crippen LogP contribution in [0.5, 0.6) is 5.75 Å². The molecule has 1 heterocycles. The highest BCUT2D eigenvalue weighted by atomic mass is 16.5. The molecule has 1 aromatic heterocycles. The number of nitrogen functional groups attached to an aromatic ring is 1. The first kappa shape index (κ1) is 14.2. The van der Waals surface area contributed by atoms with Gasteiger partial charge in [-0.25, -0.2) is 4.98 Å². The number of hydrogen-bond donors (Lipinski definition) is 2. The zero-order valence-electron chi connectivity index (χ0n) is 11.9. The van der Waals surface area contributed by atoms with E-state index in [0.717, 1.165) is 37.4 Å². The first-order valence-corrected chi connectivity index (χ1v) is 7.01. The lowest BCUT2D eigenvalue weighted by atomic mass is 10.2. The van der Waals surface area contributed by atoms with Crippen LogP contribution in [0.2, 0.25) is 0 Å². The molecule has 0 aliphatic carbocycles. The second kappa shape index (κ2) is 7.43. The normalized spacial score (nSPS) is 10.4. The molecule has 3 N–H and O–H groups in total. The fourth-order valence-electron chi connectivity index (χ4n) is 1.89. The minimum atomic E-state index is 0.683. The van der Waals surface area contributed by atoms with E-state index in [9.17, 15) is 0 Å². The Balaban J connectivity index is 1.80. The molecule has 0 aliphatic heterocycles. The number of nitrogens with two attached hydrogens (primary N) is 1. The Bertz CT molecular complexity index is 511. The average Bonchev–Trinajstić information content (AvgIpc) is 2.97. The van der Waals surface area contributed by atoms with E-state index in [2.05, 4.69) is 21.8 Å². The number of imidazole rings is 1. The van der Waals surface area contributed by atoms with Crippen LogP contribution in [0.15, 0.2) is 36.9 Å². The summed E-state index contributed by atoms with van der Waals surface area (Å²) in [6.45, 7) is 4.62. The predicted octanol–water partition coefficient (Wildman–Crippen LogP) is 2.76. The first-order valence-electron chi connectivity index (χ1n) is 7.01. The molecule has 0 fully saturated rings. The van der Waals surface area contributed by atoms with Crippen molar-refractivity contribution in [2.24, 2.45) is 0 Å². The standard InChI is InChI=1S/C15H22N4O/c1-2-10-20-15-11-13(4-5-14(15)16)18-6-3-8-19-9-7-17-12-19/h4-5,7,9,11-12,18H,2-3,6,8,10,16H2,1H3. The summed E-state index contributed by atoms with van der Waals surface area (Å²) in [4.78, 5) is 4.02. The van der Waals surface area contributed by atoms with Crippen molar-refractivity contribution in [3.8, 4) is 5.75 Å². The third-order valence-electron chi connectivity index (χ3n) is 2.96. The maximum absolute atomic E-state index is 5.89. The zero-order chi connectivity index (χ0) is 14.2. The molecule has 0 saturated carbocycles. The molecule has 0 aliphatic rings. The lowest BCUT2D eigenvalue weighted by molar-refractivity contribution is 0.319. The molecule has 20 heavy (non-hydrogen) atoms. The summed E-state index contributed by atoms with van der Waals surface area (Å²) >= 11 is 0. The number of rotatable bonds is 8. The highest BCUT2D eigenvalue weighted by Crippen LogP contribution is 2.25. The van der Waals surface area contributed by atoms with Gasteiger partial charge in [-0.1, -0.05) is 6.92 Å². The van der Waals surface area contributed by atoms with Crippen molar-refractivity contribution < 1.29 is 4.74 Å². The molecule has 0 atom stereocenters. The van der Waals surface area contributed by atoms with E-state index < -0.39 is 0 Å². The third-order valence-corrected chi connectivity index (χ3v) is 2.96. The smallest absolute Gasteiger partial charge is 0.144 e. The van der Waals surface area contributed by atoms with Crippen LogP contribution in [-0.2, 0) is 6.54 Å². The Morgan fingerprint density at radius 3 is 3.05 bits per heavy atom. The highest BCUT2D eigenvalue weighted by Gasteiger charge is 2.02. The Morgan fingerprint density at radius 2 is 2.30 bits per heavy atom. The van der Waals surface area contributed by atoms with Crippen LogP contribution in [0, 0.1) is 0 Å². The molecule has 0 spiro atoms. The van der Waals surface area contributed by atoms with Gasteiger partial charge in [0.15, 0.2) is 0 Å². The van der Waals surface area contributed by atoms with Gasteiger partial charge >= 0.3 is 0 Å². The number of aryl methyl sites for hydroxylation is 1. The summed E-state index contributed by atoms with van der Waals surface area (Å²) in [5, 5.41) is 3.38. The van der Waals surface area contributed by atoms with E-state index in [1.54, 1.807) is 6.20 Å². The van der Waals surface area contributed by atoms with Crippen LogP contribution < -0.4 is 15.8 Å².